The number of benzene rings is 1. The van der Waals surface area contributed by atoms with Crippen molar-refractivity contribution in [3.8, 4) is 0 Å². The van der Waals surface area contributed by atoms with Crippen molar-refractivity contribution in [1.29, 1.82) is 0 Å². The lowest BCUT2D eigenvalue weighted by atomic mass is 10.1. The van der Waals surface area contributed by atoms with Crippen molar-refractivity contribution in [2.75, 3.05) is 18.4 Å². The van der Waals surface area contributed by atoms with Crippen LogP contribution in [0, 0.1) is 0 Å². The van der Waals surface area contributed by atoms with Crippen LogP contribution >= 0.6 is 0 Å². The molecule has 1 aromatic carbocycles. The molecular formula is C15H20N2O3. The summed E-state index contributed by atoms with van der Waals surface area (Å²) in [4.78, 5) is 25.3. The van der Waals surface area contributed by atoms with E-state index in [4.69, 9.17) is 5.11 Å². The normalized spacial score (nSPS) is 16.6. The summed E-state index contributed by atoms with van der Waals surface area (Å²) in [6, 6.07) is 6.35. The first-order valence-electron chi connectivity index (χ1n) is 6.97. The predicted molar refractivity (Wildman–Crippen MR) is 76.9 cm³/mol. The summed E-state index contributed by atoms with van der Waals surface area (Å²) in [5.41, 5.74) is 1.13. The fourth-order valence-electron chi connectivity index (χ4n) is 2.36. The number of carboxylic acids is 1. The van der Waals surface area contributed by atoms with E-state index in [1.165, 1.54) is 6.42 Å². The third-order valence-corrected chi connectivity index (χ3v) is 3.54. The monoisotopic (exact) mass is 276 g/mol. The Hall–Kier alpha value is -2.04. The lowest BCUT2D eigenvalue weighted by Gasteiger charge is -2.27. The third-order valence-electron chi connectivity index (χ3n) is 3.54. The van der Waals surface area contributed by atoms with E-state index in [1.807, 2.05) is 4.90 Å². The minimum absolute atomic E-state index is 0.0228. The molecule has 1 amide bonds. The fraction of sp³-hybridized carbons (Fsp3) is 0.467. The summed E-state index contributed by atoms with van der Waals surface area (Å²) in [5, 5.41) is 11.8. The SMILES string of the molecule is CC(Nc1ccccc1C(=O)N1CCCCC1)C(=O)O. The van der Waals surface area contributed by atoms with E-state index < -0.39 is 12.0 Å². The van der Waals surface area contributed by atoms with Crippen LogP contribution in [0.2, 0.25) is 0 Å². The van der Waals surface area contributed by atoms with Gasteiger partial charge in [0.15, 0.2) is 0 Å². The molecule has 0 bridgehead atoms. The van der Waals surface area contributed by atoms with E-state index in [0.29, 0.717) is 11.3 Å². The van der Waals surface area contributed by atoms with Gasteiger partial charge in [-0.15, -0.1) is 0 Å². The number of nitrogens with zero attached hydrogens (tertiary/aromatic N) is 1. The molecule has 1 fully saturated rings. The van der Waals surface area contributed by atoms with Gasteiger partial charge in [0, 0.05) is 18.8 Å². The standard InChI is InChI=1S/C15H20N2O3/c1-11(15(19)20)16-13-8-4-3-7-12(13)14(18)17-9-5-2-6-10-17/h3-4,7-8,11,16H,2,5-6,9-10H2,1H3,(H,19,20). The van der Waals surface area contributed by atoms with Crippen LogP contribution in [-0.2, 0) is 4.79 Å². The average Bonchev–Trinajstić information content (AvgIpc) is 2.48. The van der Waals surface area contributed by atoms with Gasteiger partial charge >= 0.3 is 5.97 Å². The number of amides is 1. The van der Waals surface area contributed by atoms with Gasteiger partial charge in [0.25, 0.3) is 5.91 Å². The van der Waals surface area contributed by atoms with Crippen molar-refractivity contribution in [3.63, 3.8) is 0 Å². The highest BCUT2D eigenvalue weighted by molar-refractivity contribution is 6.00. The van der Waals surface area contributed by atoms with Crippen LogP contribution in [0.5, 0.6) is 0 Å². The largest absolute Gasteiger partial charge is 0.480 e. The van der Waals surface area contributed by atoms with Crippen molar-refractivity contribution in [1.82, 2.24) is 4.90 Å². The van der Waals surface area contributed by atoms with Crippen molar-refractivity contribution in [3.05, 3.63) is 29.8 Å². The molecule has 0 aliphatic carbocycles. The molecule has 1 atom stereocenters. The first-order chi connectivity index (χ1) is 9.59. The summed E-state index contributed by atoms with van der Waals surface area (Å²) < 4.78 is 0. The van der Waals surface area contributed by atoms with Crippen LogP contribution in [0.15, 0.2) is 24.3 Å². The molecule has 1 aliphatic rings. The number of hydrogen-bond donors (Lipinski definition) is 2. The number of nitrogens with one attached hydrogen (secondary N) is 1. The van der Waals surface area contributed by atoms with Crippen molar-refractivity contribution in [2.24, 2.45) is 0 Å². The lowest BCUT2D eigenvalue weighted by Crippen LogP contribution is -2.36. The molecule has 0 spiro atoms. The second-order valence-electron chi connectivity index (χ2n) is 5.10. The molecule has 5 nitrogen and oxygen atoms in total. The number of carbonyl (C=O) groups excluding carboxylic acids is 1. The van der Waals surface area contributed by atoms with E-state index >= 15 is 0 Å². The Labute approximate surface area is 118 Å². The Morgan fingerprint density at radius 1 is 1.20 bits per heavy atom. The van der Waals surface area contributed by atoms with Gasteiger partial charge in [-0.2, -0.15) is 0 Å². The first kappa shape index (κ1) is 14.4. The molecule has 1 saturated heterocycles. The number of hydrogen-bond acceptors (Lipinski definition) is 3. The highest BCUT2D eigenvalue weighted by Crippen LogP contribution is 2.20. The van der Waals surface area contributed by atoms with Crippen molar-refractivity contribution >= 4 is 17.6 Å². The minimum Gasteiger partial charge on any atom is -0.480 e. The molecule has 0 aromatic heterocycles. The summed E-state index contributed by atoms with van der Waals surface area (Å²) in [5.74, 6) is -0.962. The highest BCUT2D eigenvalue weighted by Gasteiger charge is 2.21. The van der Waals surface area contributed by atoms with E-state index in [-0.39, 0.29) is 5.91 Å². The average molecular weight is 276 g/mol. The molecule has 2 rings (SSSR count). The van der Waals surface area contributed by atoms with E-state index in [0.717, 1.165) is 25.9 Å². The van der Waals surface area contributed by atoms with Crippen LogP contribution in [0.25, 0.3) is 0 Å². The number of anilines is 1. The molecule has 0 saturated carbocycles. The Balaban J connectivity index is 2.18. The number of carbonyl (C=O) groups is 2. The third kappa shape index (κ3) is 3.29. The van der Waals surface area contributed by atoms with Gasteiger partial charge in [-0.25, -0.2) is 0 Å². The summed E-state index contributed by atoms with van der Waals surface area (Å²) in [6.07, 6.45) is 3.24. The van der Waals surface area contributed by atoms with Crippen LogP contribution in [0.3, 0.4) is 0 Å². The molecule has 108 valence electrons. The predicted octanol–water partition coefficient (Wildman–Crippen LogP) is 2.20. The van der Waals surface area contributed by atoms with Crippen molar-refractivity contribution in [2.45, 2.75) is 32.2 Å². The van der Waals surface area contributed by atoms with Gasteiger partial charge in [0.2, 0.25) is 0 Å². The maximum atomic E-state index is 12.5. The zero-order valence-electron chi connectivity index (χ0n) is 11.6. The molecule has 2 N–H and O–H groups in total. The molecule has 5 heteroatoms. The fourth-order valence-corrected chi connectivity index (χ4v) is 2.36. The topological polar surface area (TPSA) is 69.6 Å². The van der Waals surface area contributed by atoms with Crippen LogP contribution < -0.4 is 5.32 Å². The second-order valence-corrected chi connectivity index (χ2v) is 5.10. The zero-order chi connectivity index (χ0) is 14.5. The van der Waals surface area contributed by atoms with Gasteiger partial charge in [-0.3, -0.25) is 9.59 Å². The smallest absolute Gasteiger partial charge is 0.325 e. The van der Waals surface area contributed by atoms with Gasteiger partial charge in [-0.05, 0) is 38.3 Å². The number of aliphatic carboxylic acids is 1. The Morgan fingerprint density at radius 3 is 2.50 bits per heavy atom. The van der Waals surface area contributed by atoms with Gasteiger partial charge < -0.3 is 15.3 Å². The van der Waals surface area contributed by atoms with E-state index in [2.05, 4.69) is 5.32 Å². The second kappa shape index (κ2) is 6.41. The molecule has 0 radical (unpaired) electrons. The summed E-state index contributed by atoms with van der Waals surface area (Å²) >= 11 is 0. The van der Waals surface area contributed by atoms with Crippen molar-refractivity contribution < 1.29 is 14.7 Å². The molecule has 1 heterocycles. The Kier molecular flexibility index (Phi) is 4.61. The maximum Gasteiger partial charge on any atom is 0.325 e. The number of carboxylic acid groups (broad SMARTS) is 1. The number of rotatable bonds is 4. The molecule has 1 unspecified atom stereocenters. The maximum absolute atomic E-state index is 12.5. The number of likely N-dealkylation sites (tertiary alicyclic amines) is 1. The summed E-state index contributed by atoms with van der Waals surface area (Å²) in [6.45, 7) is 3.12. The first-order valence-corrected chi connectivity index (χ1v) is 6.97. The van der Waals surface area contributed by atoms with Gasteiger partial charge in [0.1, 0.15) is 6.04 Å². The zero-order valence-corrected chi connectivity index (χ0v) is 11.6. The van der Waals surface area contributed by atoms with Crippen LogP contribution in [0.4, 0.5) is 5.69 Å². The number of para-hydroxylation sites is 1. The van der Waals surface area contributed by atoms with Gasteiger partial charge in [0.05, 0.1) is 5.56 Å². The molecule has 20 heavy (non-hydrogen) atoms. The number of piperidine rings is 1. The quantitative estimate of drug-likeness (QED) is 0.884. The summed E-state index contributed by atoms with van der Waals surface area (Å²) in [7, 11) is 0. The molecule has 1 aromatic rings. The lowest BCUT2D eigenvalue weighted by molar-refractivity contribution is -0.137. The minimum atomic E-state index is -0.940. The Bertz CT molecular complexity index is 496. The Morgan fingerprint density at radius 2 is 1.85 bits per heavy atom. The highest BCUT2D eigenvalue weighted by atomic mass is 16.4. The van der Waals surface area contributed by atoms with E-state index in [1.54, 1.807) is 31.2 Å². The van der Waals surface area contributed by atoms with Crippen LogP contribution in [0.1, 0.15) is 36.5 Å². The molecular weight excluding hydrogens is 256 g/mol. The molecule has 1 aliphatic heterocycles. The van der Waals surface area contributed by atoms with Gasteiger partial charge in [-0.1, -0.05) is 12.1 Å². The van der Waals surface area contributed by atoms with E-state index in [9.17, 15) is 9.59 Å². The van der Waals surface area contributed by atoms with Crippen LogP contribution in [-0.4, -0.2) is 41.0 Å².